The van der Waals surface area contributed by atoms with E-state index in [2.05, 4.69) is 54.2 Å². The molecule has 0 unspecified atom stereocenters. The van der Waals surface area contributed by atoms with Crippen molar-refractivity contribution < 1.29 is 42.9 Å². The van der Waals surface area contributed by atoms with Gasteiger partial charge >= 0.3 is 0 Å². The molecule has 0 aliphatic heterocycles. The third-order valence-electron chi connectivity index (χ3n) is 2.74. The van der Waals surface area contributed by atoms with Crippen molar-refractivity contribution in [1.82, 2.24) is 4.90 Å². The molecule has 114 valence electrons. The fraction of sp³-hybridized carbons (Fsp3) is 1.00. The van der Waals surface area contributed by atoms with E-state index in [0.29, 0.717) is 0 Å². The minimum atomic E-state index is 0. The number of quaternary nitrogens is 2. The van der Waals surface area contributed by atoms with Gasteiger partial charge in [-0.15, -0.1) is 0 Å². The van der Waals surface area contributed by atoms with E-state index in [-0.39, 0.29) is 34.0 Å². The van der Waals surface area contributed by atoms with Crippen molar-refractivity contribution in [2.24, 2.45) is 0 Å². The highest BCUT2D eigenvalue weighted by Crippen LogP contribution is 1.98. The maximum atomic E-state index is 2.46. The van der Waals surface area contributed by atoms with Crippen LogP contribution in [0.15, 0.2) is 0 Å². The van der Waals surface area contributed by atoms with Crippen molar-refractivity contribution in [3.8, 4) is 0 Å². The van der Waals surface area contributed by atoms with Crippen LogP contribution in [-0.2, 0) is 0 Å². The van der Waals surface area contributed by atoms with Crippen molar-refractivity contribution in [2.75, 3.05) is 75.5 Å². The zero-order valence-electron chi connectivity index (χ0n) is 13.3. The summed E-state index contributed by atoms with van der Waals surface area (Å²) in [5.74, 6) is 0. The number of hydrogen-bond donors (Lipinski definition) is 0. The lowest BCUT2D eigenvalue weighted by Gasteiger charge is -2.27. The minimum Gasteiger partial charge on any atom is -1.00 e. The smallest absolute Gasteiger partial charge is 0.0792 e. The molecule has 0 aromatic heterocycles. The molecule has 0 fully saturated rings. The first-order valence-electron chi connectivity index (χ1n) is 6.40. The molecule has 0 heterocycles. The van der Waals surface area contributed by atoms with Crippen LogP contribution in [0.3, 0.4) is 0 Å². The predicted octanol–water partition coefficient (Wildman–Crippen LogP) is -4.88. The van der Waals surface area contributed by atoms with Crippen LogP contribution in [0.4, 0.5) is 0 Å². The molecule has 0 aromatic carbocycles. The standard InChI is InChI=1S/C13H33N3.2BrH/c1-14(10-8-12-15(2,3)4)11-9-13-16(5,6)7;;/h8-13H2,1-7H3;2*1H/q+2;;/p-2. The Balaban J connectivity index is -0.00000112. The third-order valence-corrected chi connectivity index (χ3v) is 2.74. The van der Waals surface area contributed by atoms with Crippen LogP contribution in [0.1, 0.15) is 12.8 Å². The number of halogens is 2. The van der Waals surface area contributed by atoms with Crippen LogP contribution in [0.25, 0.3) is 0 Å². The molecule has 0 aliphatic carbocycles. The Hall–Kier alpha value is 0.840. The molecule has 0 aliphatic rings. The molecule has 0 amide bonds. The van der Waals surface area contributed by atoms with Crippen molar-refractivity contribution in [3.05, 3.63) is 0 Å². The van der Waals surface area contributed by atoms with E-state index in [4.69, 9.17) is 0 Å². The Kier molecular flexibility index (Phi) is 14.1. The molecule has 0 N–H and O–H groups in total. The van der Waals surface area contributed by atoms with Gasteiger partial charge in [0.25, 0.3) is 0 Å². The van der Waals surface area contributed by atoms with Gasteiger partial charge in [0.2, 0.25) is 0 Å². The van der Waals surface area contributed by atoms with Gasteiger partial charge in [-0.1, -0.05) is 0 Å². The average molecular weight is 391 g/mol. The molecule has 0 atom stereocenters. The van der Waals surface area contributed by atoms with E-state index in [0.717, 1.165) is 8.97 Å². The van der Waals surface area contributed by atoms with Crippen molar-refractivity contribution in [2.45, 2.75) is 12.8 Å². The summed E-state index contributed by atoms with van der Waals surface area (Å²) in [6.45, 7) is 4.98. The van der Waals surface area contributed by atoms with Gasteiger partial charge in [-0.2, -0.15) is 0 Å². The first kappa shape index (κ1) is 23.9. The zero-order valence-corrected chi connectivity index (χ0v) is 16.5. The molecule has 0 saturated carbocycles. The van der Waals surface area contributed by atoms with Crippen molar-refractivity contribution in [3.63, 3.8) is 0 Å². The molecule has 0 radical (unpaired) electrons. The Labute approximate surface area is 136 Å². The first-order valence-corrected chi connectivity index (χ1v) is 6.40. The summed E-state index contributed by atoms with van der Waals surface area (Å²) in [4.78, 5) is 2.46. The zero-order chi connectivity index (χ0) is 12.8. The fourth-order valence-corrected chi connectivity index (χ4v) is 1.74. The van der Waals surface area contributed by atoms with Gasteiger partial charge in [0, 0.05) is 25.9 Å². The SMILES string of the molecule is CN(CCC[N+](C)(C)C)CCC[N+](C)(C)C.[Br-].[Br-]. The lowest BCUT2D eigenvalue weighted by atomic mass is 10.3. The van der Waals surface area contributed by atoms with Gasteiger partial charge in [0.15, 0.2) is 0 Å². The number of hydrogen-bond acceptors (Lipinski definition) is 1. The van der Waals surface area contributed by atoms with E-state index in [1.165, 1.54) is 39.0 Å². The number of rotatable bonds is 8. The molecule has 18 heavy (non-hydrogen) atoms. The molecule has 0 saturated heterocycles. The second-order valence-corrected chi connectivity index (χ2v) is 7.04. The second-order valence-electron chi connectivity index (χ2n) is 7.04. The van der Waals surface area contributed by atoms with E-state index in [9.17, 15) is 0 Å². The topological polar surface area (TPSA) is 3.24 Å². The molecule has 0 bridgehead atoms. The Morgan fingerprint density at radius 2 is 0.944 bits per heavy atom. The lowest BCUT2D eigenvalue weighted by molar-refractivity contribution is -0.870. The summed E-state index contributed by atoms with van der Waals surface area (Å²) < 4.78 is 2.15. The second kappa shape index (κ2) is 10.6. The van der Waals surface area contributed by atoms with Gasteiger partial charge < -0.3 is 47.8 Å². The van der Waals surface area contributed by atoms with E-state index >= 15 is 0 Å². The monoisotopic (exact) mass is 389 g/mol. The molecular formula is C13H33Br2N3. The lowest BCUT2D eigenvalue weighted by Crippen LogP contribution is -3.00. The molecule has 5 heteroatoms. The van der Waals surface area contributed by atoms with Gasteiger partial charge in [0.1, 0.15) is 0 Å². The summed E-state index contributed by atoms with van der Waals surface area (Å²) in [7, 11) is 15.8. The summed E-state index contributed by atoms with van der Waals surface area (Å²) in [5, 5.41) is 0. The van der Waals surface area contributed by atoms with Crippen LogP contribution in [-0.4, -0.2) is 89.4 Å². The van der Waals surface area contributed by atoms with Gasteiger partial charge in [-0.25, -0.2) is 0 Å². The summed E-state index contributed by atoms with van der Waals surface area (Å²) in [6, 6.07) is 0. The maximum absolute atomic E-state index is 2.46. The molecule has 0 rings (SSSR count). The quantitative estimate of drug-likeness (QED) is 0.376. The predicted molar refractivity (Wildman–Crippen MR) is 72.5 cm³/mol. The Morgan fingerprint density at radius 1 is 0.667 bits per heavy atom. The third kappa shape index (κ3) is 19.2. The molecule has 3 nitrogen and oxygen atoms in total. The van der Waals surface area contributed by atoms with E-state index < -0.39 is 0 Å². The minimum absolute atomic E-state index is 0. The summed E-state index contributed by atoms with van der Waals surface area (Å²) in [6.07, 6.45) is 2.59. The van der Waals surface area contributed by atoms with Gasteiger partial charge in [-0.05, 0) is 7.05 Å². The average Bonchev–Trinajstić information content (AvgIpc) is 1.98. The Bertz CT molecular complexity index is 166. The molecule has 0 aromatic rings. The summed E-state index contributed by atoms with van der Waals surface area (Å²) >= 11 is 0. The van der Waals surface area contributed by atoms with Gasteiger partial charge in [0.05, 0.1) is 55.4 Å². The van der Waals surface area contributed by atoms with Gasteiger partial charge in [-0.3, -0.25) is 0 Å². The van der Waals surface area contributed by atoms with Crippen molar-refractivity contribution >= 4 is 0 Å². The van der Waals surface area contributed by atoms with Crippen LogP contribution in [0, 0.1) is 0 Å². The first-order chi connectivity index (χ1) is 7.10. The number of nitrogens with zero attached hydrogens (tertiary/aromatic N) is 3. The summed E-state index contributed by atoms with van der Waals surface area (Å²) in [5.41, 5.74) is 0. The highest BCUT2D eigenvalue weighted by Gasteiger charge is 2.09. The van der Waals surface area contributed by atoms with E-state index in [1.54, 1.807) is 0 Å². The van der Waals surface area contributed by atoms with Crippen LogP contribution in [0.2, 0.25) is 0 Å². The highest BCUT2D eigenvalue weighted by molar-refractivity contribution is 4.51. The maximum Gasteiger partial charge on any atom is 0.0792 e. The van der Waals surface area contributed by atoms with E-state index in [1.807, 2.05) is 0 Å². The van der Waals surface area contributed by atoms with Crippen LogP contribution >= 0.6 is 0 Å². The van der Waals surface area contributed by atoms with Crippen LogP contribution < -0.4 is 34.0 Å². The largest absolute Gasteiger partial charge is 1.00 e. The van der Waals surface area contributed by atoms with Crippen LogP contribution in [0.5, 0.6) is 0 Å². The Morgan fingerprint density at radius 3 is 1.17 bits per heavy atom. The fourth-order valence-electron chi connectivity index (χ4n) is 1.74. The normalized spacial score (nSPS) is 12.0. The molecular weight excluding hydrogens is 358 g/mol. The molecule has 0 spiro atoms. The highest BCUT2D eigenvalue weighted by atomic mass is 79.9. The van der Waals surface area contributed by atoms with Crippen molar-refractivity contribution in [1.29, 1.82) is 0 Å².